The number of hydrogen-bond acceptors (Lipinski definition) is 5. The van der Waals surface area contributed by atoms with Crippen molar-refractivity contribution in [2.24, 2.45) is 11.7 Å². The predicted octanol–water partition coefficient (Wildman–Crippen LogP) is 5.52. The molecule has 2 aliphatic rings. The smallest absolute Gasteiger partial charge is 0.230 e. The van der Waals surface area contributed by atoms with Crippen LogP contribution in [0.3, 0.4) is 0 Å². The molecule has 1 aliphatic heterocycles. The number of aromatic nitrogens is 1. The van der Waals surface area contributed by atoms with Gasteiger partial charge in [-0.2, -0.15) is 0 Å². The highest BCUT2D eigenvalue weighted by Gasteiger charge is 2.47. The van der Waals surface area contributed by atoms with Gasteiger partial charge in [-0.3, -0.25) is 9.78 Å². The van der Waals surface area contributed by atoms with Crippen LogP contribution in [-0.4, -0.2) is 43.3 Å². The Hall–Kier alpha value is -2.77. The van der Waals surface area contributed by atoms with Gasteiger partial charge in [-0.1, -0.05) is 42.5 Å². The Bertz CT molecular complexity index is 1150. The fraction of sp³-hybridized carbons (Fsp3) is 0.400. The Morgan fingerprint density at radius 3 is 2.41 bits per heavy atom. The SMILES string of the molecule is CO[C@H](C)[C@H](N)CN(C(=O)[C@@H]1C[C@H]1c1ccccn1)c1ccc(-c2ccc([C@H]3CCCO3)cc2)cc1.Cl. The topological polar surface area (TPSA) is 77.7 Å². The number of ether oxygens (including phenoxy) is 2. The third-order valence-corrected chi connectivity index (χ3v) is 7.53. The van der Waals surface area contributed by atoms with Crippen molar-refractivity contribution in [3.8, 4) is 11.1 Å². The van der Waals surface area contributed by atoms with Gasteiger partial charge in [0.05, 0.1) is 12.2 Å². The number of hydrogen-bond donors (Lipinski definition) is 1. The van der Waals surface area contributed by atoms with Gasteiger partial charge in [-0.05, 0) is 67.1 Å². The molecule has 2 N–H and O–H groups in total. The zero-order valence-electron chi connectivity index (χ0n) is 21.5. The van der Waals surface area contributed by atoms with Crippen molar-refractivity contribution in [2.45, 2.75) is 50.4 Å². The maximum Gasteiger partial charge on any atom is 0.230 e. The highest BCUT2D eigenvalue weighted by molar-refractivity contribution is 5.97. The molecular weight excluding hydrogens is 486 g/mol. The molecule has 2 heterocycles. The average molecular weight is 522 g/mol. The predicted molar refractivity (Wildman–Crippen MR) is 149 cm³/mol. The lowest BCUT2D eigenvalue weighted by molar-refractivity contribution is -0.120. The largest absolute Gasteiger partial charge is 0.380 e. The molecule has 0 spiro atoms. The summed E-state index contributed by atoms with van der Waals surface area (Å²) in [6.07, 6.45) is 4.87. The Balaban J connectivity index is 0.00000320. The van der Waals surface area contributed by atoms with Gasteiger partial charge in [0, 0.05) is 55.7 Å². The number of methoxy groups -OCH3 is 1. The minimum Gasteiger partial charge on any atom is -0.380 e. The van der Waals surface area contributed by atoms with Crippen LogP contribution in [0.1, 0.15) is 49.5 Å². The van der Waals surface area contributed by atoms with E-state index in [4.69, 9.17) is 15.2 Å². The van der Waals surface area contributed by atoms with Crippen molar-refractivity contribution in [3.05, 3.63) is 84.2 Å². The molecule has 7 heteroatoms. The van der Waals surface area contributed by atoms with Crippen molar-refractivity contribution in [3.63, 3.8) is 0 Å². The molecule has 196 valence electrons. The van der Waals surface area contributed by atoms with Crippen LogP contribution in [0.4, 0.5) is 5.69 Å². The number of carbonyl (C=O) groups is 1. The fourth-order valence-corrected chi connectivity index (χ4v) is 5.01. The van der Waals surface area contributed by atoms with Gasteiger partial charge in [-0.25, -0.2) is 0 Å². The Morgan fingerprint density at radius 1 is 1.11 bits per heavy atom. The standard InChI is InChI=1S/C30H35N3O3.ClH/c1-20(35-2)27(31)19-33(30(34)26-18-25(26)28-6-3-4-16-32-28)24-14-12-22(13-15-24)21-8-10-23(11-9-21)29-7-5-17-36-29;/h3-4,6,8-16,20,25-27,29H,5,7,17-19,31H2,1-2H3;1H/t20-,25-,26-,27-,29-;/m1./s1. The zero-order chi connectivity index (χ0) is 25.1. The first-order valence-corrected chi connectivity index (χ1v) is 12.9. The molecule has 2 aromatic carbocycles. The van der Waals surface area contributed by atoms with Gasteiger partial charge >= 0.3 is 0 Å². The molecular formula is C30H36ClN3O3. The normalized spacial score (nSPS) is 22.1. The fourth-order valence-electron chi connectivity index (χ4n) is 5.01. The van der Waals surface area contributed by atoms with E-state index in [1.165, 1.54) is 5.56 Å². The molecule has 3 aromatic rings. The summed E-state index contributed by atoms with van der Waals surface area (Å²) in [4.78, 5) is 19.9. The lowest BCUT2D eigenvalue weighted by Gasteiger charge is -2.29. The molecule has 1 saturated heterocycles. The van der Waals surface area contributed by atoms with Crippen LogP contribution in [0.5, 0.6) is 0 Å². The molecule has 1 amide bonds. The Morgan fingerprint density at radius 2 is 1.81 bits per heavy atom. The summed E-state index contributed by atoms with van der Waals surface area (Å²) < 4.78 is 11.2. The van der Waals surface area contributed by atoms with Gasteiger partial charge in [0.15, 0.2) is 0 Å². The lowest BCUT2D eigenvalue weighted by Crippen LogP contribution is -2.47. The van der Waals surface area contributed by atoms with Crippen LogP contribution in [0.25, 0.3) is 11.1 Å². The molecule has 5 rings (SSSR count). The Labute approximate surface area is 225 Å². The maximum absolute atomic E-state index is 13.6. The van der Waals surface area contributed by atoms with Gasteiger partial charge in [0.2, 0.25) is 5.91 Å². The molecule has 37 heavy (non-hydrogen) atoms. The van der Waals surface area contributed by atoms with Crippen molar-refractivity contribution in [1.82, 2.24) is 4.98 Å². The summed E-state index contributed by atoms with van der Waals surface area (Å²) in [5.41, 5.74) is 11.7. The molecule has 1 aliphatic carbocycles. The van der Waals surface area contributed by atoms with Gasteiger partial charge < -0.3 is 20.1 Å². The Kier molecular flexibility index (Phi) is 8.98. The zero-order valence-corrected chi connectivity index (χ0v) is 22.3. The van der Waals surface area contributed by atoms with Crippen LogP contribution in [0.2, 0.25) is 0 Å². The summed E-state index contributed by atoms with van der Waals surface area (Å²) in [6.45, 7) is 3.18. The van der Waals surface area contributed by atoms with Crippen molar-refractivity contribution in [2.75, 3.05) is 25.2 Å². The van der Waals surface area contributed by atoms with E-state index >= 15 is 0 Å². The van der Waals surface area contributed by atoms with Gasteiger partial charge in [0.1, 0.15) is 0 Å². The minimum absolute atomic E-state index is 0. The second-order valence-corrected chi connectivity index (χ2v) is 9.93. The number of carbonyl (C=O) groups excluding carboxylic acids is 1. The van der Waals surface area contributed by atoms with E-state index < -0.39 is 0 Å². The van der Waals surface area contributed by atoms with Crippen LogP contribution in [0.15, 0.2) is 72.9 Å². The number of nitrogens with two attached hydrogens (primary N) is 1. The minimum atomic E-state index is -0.295. The van der Waals surface area contributed by atoms with E-state index in [9.17, 15) is 4.79 Å². The van der Waals surface area contributed by atoms with Crippen molar-refractivity contribution in [1.29, 1.82) is 0 Å². The molecule has 0 unspecified atom stereocenters. The molecule has 0 radical (unpaired) electrons. The highest BCUT2D eigenvalue weighted by Crippen LogP contribution is 2.48. The molecule has 6 nitrogen and oxygen atoms in total. The van der Waals surface area contributed by atoms with Gasteiger partial charge in [-0.15, -0.1) is 12.4 Å². The molecule has 0 bridgehead atoms. The second kappa shape index (κ2) is 12.2. The first-order valence-electron chi connectivity index (χ1n) is 12.9. The molecule has 2 fully saturated rings. The van der Waals surface area contributed by atoms with Crippen LogP contribution in [-0.2, 0) is 14.3 Å². The van der Waals surface area contributed by atoms with E-state index in [1.807, 2.05) is 42.2 Å². The van der Waals surface area contributed by atoms with E-state index in [0.717, 1.165) is 48.4 Å². The first kappa shape index (κ1) is 27.3. The van der Waals surface area contributed by atoms with Crippen molar-refractivity contribution >= 4 is 24.0 Å². The van der Waals surface area contributed by atoms with Crippen LogP contribution >= 0.6 is 12.4 Å². The quantitative estimate of drug-likeness (QED) is 0.401. The third kappa shape index (κ3) is 6.21. The maximum atomic E-state index is 13.6. The molecule has 1 saturated carbocycles. The third-order valence-electron chi connectivity index (χ3n) is 7.53. The summed E-state index contributed by atoms with van der Waals surface area (Å²) in [6, 6.07) is 22.4. The number of rotatable bonds is 9. The summed E-state index contributed by atoms with van der Waals surface area (Å²) in [7, 11) is 1.65. The molecule has 5 atom stereocenters. The lowest BCUT2D eigenvalue weighted by atomic mass is 10.0. The van der Waals surface area contributed by atoms with E-state index in [2.05, 4.69) is 41.4 Å². The van der Waals surface area contributed by atoms with Crippen molar-refractivity contribution < 1.29 is 14.3 Å². The van der Waals surface area contributed by atoms with Gasteiger partial charge in [0.25, 0.3) is 0 Å². The number of anilines is 1. The number of nitrogens with zero attached hydrogens (tertiary/aromatic N) is 2. The molecule has 1 aromatic heterocycles. The number of pyridine rings is 1. The monoisotopic (exact) mass is 521 g/mol. The van der Waals surface area contributed by atoms with Crippen LogP contribution in [0, 0.1) is 5.92 Å². The second-order valence-electron chi connectivity index (χ2n) is 9.93. The number of halogens is 1. The van der Waals surface area contributed by atoms with E-state index in [1.54, 1.807) is 13.3 Å². The van der Waals surface area contributed by atoms with E-state index in [0.29, 0.717) is 6.54 Å². The first-order chi connectivity index (χ1) is 17.5. The van der Waals surface area contributed by atoms with E-state index in [-0.39, 0.29) is 48.4 Å². The summed E-state index contributed by atoms with van der Waals surface area (Å²) >= 11 is 0. The number of benzene rings is 2. The summed E-state index contributed by atoms with van der Waals surface area (Å²) in [5, 5.41) is 0. The highest BCUT2D eigenvalue weighted by atomic mass is 35.5. The van der Waals surface area contributed by atoms with Crippen LogP contribution < -0.4 is 10.6 Å². The summed E-state index contributed by atoms with van der Waals surface area (Å²) in [5.74, 6) is 0.187. The average Bonchev–Trinajstić information content (AvgIpc) is 3.55. The number of amides is 1.